The molecule has 2 aromatic rings. The molecule has 172 valence electrons. The van der Waals surface area contributed by atoms with Crippen molar-refractivity contribution in [1.29, 1.82) is 0 Å². The molecule has 1 amide bonds. The smallest absolute Gasteiger partial charge is 0.412 e. The Morgan fingerprint density at radius 3 is 2.53 bits per heavy atom. The highest BCUT2D eigenvalue weighted by molar-refractivity contribution is 5.92. The van der Waals surface area contributed by atoms with Crippen LogP contribution < -0.4 is 11.1 Å². The first-order valence-electron chi connectivity index (χ1n) is 11.5. The van der Waals surface area contributed by atoms with Gasteiger partial charge in [-0.25, -0.2) is 4.79 Å². The number of hydrogen-bond acceptors (Lipinski definition) is 5. The van der Waals surface area contributed by atoms with Gasteiger partial charge in [0.05, 0.1) is 12.3 Å². The van der Waals surface area contributed by atoms with Gasteiger partial charge in [-0.1, -0.05) is 42.5 Å². The third kappa shape index (κ3) is 6.82. The van der Waals surface area contributed by atoms with Gasteiger partial charge in [0.1, 0.15) is 5.60 Å². The second-order valence-electron chi connectivity index (χ2n) is 8.71. The molecule has 1 aliphatic rings. The third-order valence-corrected chi connectivity index (χ3v) is 5.98. The molecular weight excluding hydrogens is 404 g/mol. The van der Waals surface area contributed by atoms with Crippen LogP contribution in [-0.2, 0) is 20.7 Å². The Hall–Kier alpha value is -2.86. The highest BCUT2D eigenvalue weighted by Gasteiger charge is 2.33. The Morgan fingerprint density at radius 2 is 1.84 bits per heavy atom. The molecule has 3 rings (SSSR count). The molecular formula is C26H34N2O4. The monoisotopic (exact) mass is 438 g/mol. The maximum absolute atomic E-state index is 12.8. The summed E-state index contributed by atoms with van der Waals surface area (Å²) in [5.41, 5.74) is 9.18. The van der Waals surface area contributed by atoms with Gasteiger partial charge in [0.25, 0.3) is 0 Å². The van der Waals surface area contributed by atoms with Crippen molar-refractivity contribution in [3.8, 4) is 11.1 Å². The summed E-state index contributed by atoms with van der Waals surface area (Å²) in [6.07, 6.45) is 4.56. The molecule has 0 saturated heterocycles. The van der Waals surface area contributed by atoms with Crippen LogP contribution in [0.4, 0.5) is 10.5 Å². The predicted molar refractivity (Wildman–Crippen MR) is 126 cm³/mol. The first-order valence-corrected chi connectivity index (χ1v) is 11.5. The van der Waals surface area contributed by atoms with E-state index in [9.17, 15) is 9.59 Å². The molecule has 0 unspecified atom stereocenters. The zero-order valence-electron chi connectivity index (χ0n) is 19.1. The first-order chi connectivity index (χ1) is 15.4. The standard InChI is InChI=1S/C26H34N2O4/c1-3-31-24(29)11-7-8-19-12-13-22(20-9-5-4-6-10-20)23(18-19)28-25(30)32-26(2)16-14-21(27)15-17-26/h4-6,9-10,12-13,18,21H,3,7-8,11,14-17,27H2,1-2H3,(H,28,30)/t21-,26-. The number of anilines is 1. The summed E-state index contributed by atoms with van der Waals surface area (Å²) >= 11 is 0. The molecule has 6 nitrogen and oxygen atoms in total. The Bertz CT molecular complexity index is 905. The number of carbonyl (C=O) groups excluding carboxylic acids is 2. The van der Waals surface area contributed by atoms with E-state index in [0.29, 0.717) is 31.6 Å². The summed E-state index contributed by atoms with van der Waals surface area (Å²) in [5.74, 6) is -0.184. The van der Waals surface area contributed by atoms with E-state index in [1.165, 1.54) is 0 Å². The van der Waals surface area contributed by atoms with Gasteiger partial charge >= 0.3 is 12.1 Å². The SMILES string of the molecule is CCOC(=O)CCCc1ccc(-c2ccccc2)c(NC(=O)O[C@]2(C)CC[C@@H](N)CC2)c1. The van der Waals surface area contributed by atoms with E-state index in [1.54, 1.807) is 6.92 Å². The van der Waals surface area contributed by atoms with Crippen LogP contribution in [0.15, 0.2) is 48.5 Å². The van der Waals surface area contributed by atoms with Crippen molar-refractivity contribution in [2.45, 2.75) is 70.4 Å². The Kier molecular flexibility index (Phi) is 8.28. The number of ether oxygens (including phenoxy) is 2. The Labute approximate surface area is 190 Å². The quantitative estimate of drug-likeness (QED) is 0.535. The van der Waals surface area contributed by atoms with Crippen LogP contribution >= 0.6 is 0 Å². The molecule has 6 heteroatoms. The molecule has 1 fully saturated rings. The van der Waals surface area contributed by atoms with Gasteiger partial charge in [-0.15, -0.1) is 0 Å². The summed E-state index contributed by atoms with van der Waals surface area (Å²) in [7, 11) is 0. The van der Waals surface area contributed by atoms with Crippen LogP contribution in [0.25, 0.3) is 11.1 Å². The van der Waals surface area contributed by atoms with Crippen LogP contribution in [0.1, 0.15) is 57.9 Å². The number of nitrogens with one attached hydrogen (secondary N) is 1. The summed E-state index contributed by atoms with van der Waals surface area (Å²) < 4.78 is 10.8. The van der Waals surface area contributed by atoms with Gasteiger partial charge in [0.2, 0.25) is 0 Å². The zero-order chi connectivity index (χ0) is 23.0. The largest absolute Gasteiger partial charge is 0.466 e. The predicted octanol–water partition coefficient (Wildman–Crippen LogP) is 5.45. The fraction of sp³-hybridized carbons (Fsp3) is 0.462. The average molecular weight is 439 g/mol. The van der Waals surface area contributed by atoms with Crippen molar-refractivity contribution in [2.24, 2.45) is 5.73 Å². The van der Waals surface area contributed by atoms with Crippen molar-refractivity contribution >= 4 is 17.7 Å². The van der Waals surface area contributed by atoms with Crippen molar-refractivity contribution in [3.63, 3.8) is 0 Å². The van der Waals surface area contributed by atoms with Gasteiger partial charge < -0.3 is 15.2 Å². The second kappa shape index (κ2) is 11.1. The number of esters is 1. The van der Waals surface area contributed by atoms with Crippen LogP contribution in [-0.4, -0.2) is 30.3 Å². The molecule has 0 aromatic heterocycles. The minimum atomic E-state index is -0.496. The van der Waals surface area contributed by atoms with E-state index in [2.05, 4.69) is 5.32 Å². The van der Waals surface area contributed by atoms with Crippen molar-refractivity contribution in [2.75, 3.05) is 11.9 Å². The van der Waals surface area contributed by atoms with E-state index in [-0.39, 0.29) is 12.0 Å². The summed E-state index contributed by atoms with van der Waals surface area (Å²) in [6.45, 7) is 4.17. The molecule has 0 heterocycles. The molecule has 0 bridgehead atoms. The average Bonchev–Trinajstić information content (AvgIpc) is 2.77. The number of carbonyl (C=O) groups is 2. The second-order valence-corrected chi connectivity index (χ2v) is 8.71. The summed E-state index contributed by atoms with van der Waals surface area (Å²) in [6, 6.07) is 16.1. The fourth-order valence-corrected chi connectivity index (χ4v) is 4.10. The van der Waals surface area contributed by atoms with Gasteiger partial charge in [-0.05, 0) is 69.6 Å². The lowest BCUT2D eigenvalue weighted by molar-refractivity contribution is -0.143. The number of hydrogen-bond donors (Lipinski definition) is 2. The van der Waals surface area contributed by atoms with Gasteiger partial charge in [-0.3, -0.25) is 10.1 Å². The van der Waals surface area contributed by atoms with Crippen molar-refractivity contribution in [1.82, 2.24) is 0 Å². The zero-order valence-corrected chi connectivity index (χ0v) is 19.1. The molecule has 0 spiro atoms. The van der Waals surface area contributed by atoms with E-state index in [1.807, 2.05) is 55.5 Å². The van der Waals surface area contributed by atoms with Gasteiger partial charge in [0.15, 0.2) is 0 Å². The molecule has 0 aliphatic heterocycles. The Balaban J connectivity index is 1.73. The normalized spacial score (nSPS) is 20.4. The van der Waals surface area contributed by atoms with Crippen LogP contribution in [0, 0.1) is 0 Å². The van der Waals surface area contributed by atoms with E-state index in [0.717, 1.165) is 42.4 Å². The Morgan fingerprint density at radius 1 is 1.12 bits per heavy atom. The number of aryl methyl sites for hydroxylation is 1. The van der Waals surface area contributed by atoms with Crippen LogP contribution in [0.2, 0.25) is 0 Å². The first kappa shape index (κ1) is 23.8. The minimum absolute atomic E-state index is 0.184. The highest BCUT2D eigenvalue weighted by Crippen LogP contribution is 2.33. The highest BCUT2D eigenvalue weighted by atomic mass is 16.6. The third-order valence-electron chi connectivity index (χ3n) is 5.98. The van der Waals surface area contributed by atoms with Gasteiger partial charge in [-0.2, -0.15) is 0 Å². The van der Waals surface area contributed by atoms with E-state index >= 15 is 0 Å². The molecule has 32 heavy (non-hydrogen) atoms. The number of nitrogens with two attached hydrogens (primary N) is 1. The number of benzene rings is 2. The molecule has 0 atom stereocenters. The lowest BCUT2D eigenvalue weighted by Crippen LogP contribution is -2.41. The molecule has 3 N–H and O–H groups in total. The van der Waals surface area contributed by atoms with Crippen molar-refractivity contribution < 1.29 is 19.1 Å². The molecule has 2 aromatic carbocycles. The van der Waals surface area contributed by atoms with E-state index in [4.69, 9.17) is 15.2 Å². The van der Waals surface area contributed by atoms with Crippen LogP contribution in [0.3, 0.4) is 0 Å². The summed E-state index contributed by atoms with van der Waals surface area (Å²) in [5, 5.41) is 2.97. The molecule has 1 aliphatic carbocycles. The number of amides is 1. The van der Waals surface area contributed by atoms with Crippen LogP contribution in [0.5, 0.6) is 0 Å². The van der Waals surface area contributed by atoms with Gasteiger partial charge in [0, 0.05) is 18.0 Å². The maximum atomic E-state index is 12.8. The lowest BCUT2D eigenvalue weighted by atomic mass is 9.84. The van der Waals surface area contributed by atoms with E-state index < -0.39 is 11.7 Å². The number of rotatable bonds is 8. The lowest BCUT2D eigenvalue weighted by Gasteiger charge is -2.35. The molecule has 1 saturated carbocycles. The fourth-order valence-electron chi connectivity index (χ4n) is 4.10. The molecule has 0 radical (unpaired) electrons. The maximum Gasteiger partial charge on any atom is 0.412 e. The minimum Gasteiger partial charge on any atom is -0.466 e. The summed E-state index contributed by atoms with van der Waals surface area (Å²) in [4.78, 5) is 24.4. The topological polar surface area (TPSA) is 90.6 Å². The van der Waals surface area contributed by atoms with Crippen molar-refractivity contribution in [3.05, 3.63) is 54.1 Å².